The zero-order valence-corrected chi connectivity index (χ0v) is 8.45. The molecular formula is C11H15NO2. The van der Waals surface area contributed by atoms with E-state index in [2.05, 4.69) is 5.32 Å². The third-order valence-corrected chi connectivity index (χ3v) is 2.22. The lowest BCUT2D eigenvalue weighted by atomic mass is 10.1. The summed E-state index contributed by atoms with van der Waals surface area (Å²) in [4.78, 5) is 11.5. The van der Waals surface area contributed by atoms with Gasteiger partial charge in [0.05, 0.1) is 5.69 Å². The van der Waals surface area contributed by atoms with Crippen molar-refractivity contribution in [1.82, 2.24) is 0 Å². The summed E-state index contributed by atoms with van der Waals surface area (Å²) in [7, 11) is 0. The molecule has 0 aliphatic carbocycles. The highest BCUT2D eigenvalue weighted by molar-refractivity contribution is 5.93. The Labute approximate surface area is 83.8 Å². The molecule has 1 aromatic rings. The van der Waals surface area contributed by atoms with Gasteiger partial charge in [0.15, 0.2) is 0 Å². The van der Waals surface area contributed by atoms with Crippen molar-refractivity contribution in [3.8, 4) is 5.75 Å². The molecule has 1 atom stereocenters. The number of carbonyl (C=O) groups is 1. The molecule has 2 N–H and O–H groups in total. The first-order chi connectivity index (χ1) is 6.65. The van der Waals surface area contributed by atoms with E-state index in [0.29, 0.717) is 5.69 Å². The summed E-state index contributed by atoms with van der Waals surface area (Å²) in [6.45, 7) is 3.81. The van der Waals surface area contributed by atoms with E-state index in [1.54, 1.807) is 24.3 Å². The number of hydrogen-bond donors (Lipinski definition) is 2. The number of benzene rings is 1. The van der Waals surface area contributed by atoms with E-state index in [9.17, 15) is 9.90 Å². The summed E-state index contributed by atoms with van der Waals surface area (Å²) in [6, 6.07) is 6.71. The van der Waals surface area contributed by atoms with E-state index >= 15 is 0 Å². The van der Waals surface area contributed by atoms with E-state index in [1.807, 2.05) is 13.8 Å². The van der Waals surface area contributed by atoms with Crippen LogP contribution in [0.4, 0.5) is 5.69 Å². The van der Waals surface area contributed by atoms with Crippen LogP contribution in [0.2, 0.25) is 0 Å². The van der Waals surface area contributed by atoms with Crippen LogP contribution in [-0.2, 0) is 4.79 Å². The minimum Gasteiger partial charge on any atom is -0.506 e. The molecule has 3 nitrogen and oxygen atoms in total. The highest BCUT2D eigenvalue weighted by Gasteiger charge is 2.11. The SMILES string of the molecule is CC[C@H](C)C(=O)Nc1ccccc1O. The Hall–Kier alpha value is -1.51. The lowest BCUT2D eigenvalue weighted by Crippen LogP contribution is -2.19. The summed E-state index contributed by atoms with van der Waals surface area (Å²) in [5.74, 6) is 0.00718. The first-order valence-electron chi connectivity index (χ1n) is 4.74. The van der Waals surface area contributed by atoms with Crippen LogP contribution in [0.3, 0.4) is 0 Å². The molecule has 0 saturated heterocycles. The highest BCUT2D eigenvalue weighted by atomic mass is 16.3. The van der Waals surface area contributed by atoms with Gasteiger partial charge < -0.3 is 10.4 Å². The maximum absolute atomic E-state index is 11.5. The van der Waals surface area contributed by atoms with Crippen LogP contribution in [0.1, 0.15) is 20.3 Å². The van der Waals surface area contributed by atoms with Crippen LogP contribution < -0.4 is 5.32 Å². The summed E-state index contributed by atoms with van der Waals surface area (Å²) in [5, 5.41) is 12.1. The van der Waals surface area contributed by atoms with Crippen molar-refractivity contribution in [2.24, 2.45) is 5.92 Å². The Balaban J connectivity index is 2.70. The minimum absolute atomic E-state index is 0.0328. The Bertz CT molecular complexity index is 323. The van der Waals surface area contributed by atoms with Crippen LogP contribution in [0, 0.1) is 5.92 Å². The predicted molar refractivity (Wildman–Crippen MR) is 56.2 cm³/mol. The maximum Gasteiger partial charge on any atom is 0.227 e. The summed E-state index contributed by atoms with van der Waals surface area (Å²) in [6.07, 6.45) is 0.791. The zero-order chi connectivity index (χ0) is 10.6. The largest absolute Gasteiger partial charge is 0.506 e. The van der Waals surface area contributed by atoms with Crippen molar-refractivity contribution < 1.29 is 9.90 Å². The molecule has 0 spiro atoms. The second-order valence-corrected chi connectivity index (χ2v) is 3.32. The molecule has 0 aliphatic rings. The number of rotatable bonds is 3. The number of para-hydroxylation sites is 2. The molecule has 0 aliphatic heterocycles. The Morgan fingerprint density at radius 1 is 1.50 bits per heavy atom. The normalized spacial score (nSPS) is 12.1. The number of aromatic hydroxyl groups is 1. The number of nitrogens with one attached hydrogen (secondary N) is 1. The van der Waals surface area contributed by atoms with Crippen molar-refractivity contribution in [3.63, 3.8) is 0 Å². The molecule has 0 aromatic heterocycles. The number of phenols is 1. The topological polar surface area (TPSA) is 49.3 Å². The van der Waals surface area contributed by atoms with Gasteiger partial charge in [-0.05, 0) is 18.6 Å². The molecule has 0 heterocycles. The van der Waals surface area contributed by atoms with Crippen molar-refractivity contribution >= 4 is 11.6 Å². The standard InChI is InChI=1S/C11H15NO2/c1-3-8(2)11(14)12-9-6-4-5-7-10(9)13/h4-8,13H,3H2,1-2H3,(H,12,14)/t8-/m0/s1. The van der Waals surface area contributed by atoms with Gasteiger partial charge in [-0.3, -0.25) is 4.79 Å². The predicted octanol–water partition coefficient (Wildman–Crippen LogP) is 2.38. The first kappa shape index (κ1) is 10.6. The molecule has 0 fully saturated rings. The van der Waals surface area contributed by atoms with E-state index in [0.717, 1.165) is 6.42 Å². The van der Waals surface area contributed by atoms with Gasteiger partial charge >= 0.3 is 0 Å². The average molecular weight is 193 g/mol. The van der Waals surface area contributed by atoms with Gasteiger partial charge in [-0.15, -0.1) is 0 Å². The van der Waals surface area contributed by atoms with Crippen molar-refractivity contribution in [2.75, 3.05) is 5.32 Å². The fraction of sp³-hybridized carbons (Fsp3) is 0.364. The van der Waals surface area contributed by atoms with E-state index in [1.165, 1.54) is 0 Å². The molecule has 76 valence electrons. The molecule has 14 heavy (non-hydrogen) atoms. The van der Waals surface area contributed by atoms with Gasteiger partial charge in [-0.2, -0.15) is 0 Å². The number of phenolic OH excluding ortho intramolecular Hbond substituents is 1. The van der Waals surface area contributed by atoms with Crippen LogP contribution in [-0.4, -0.2) is 11.0 Å². The molecule has 3 heteroatoms. The van der Waals surface area contributed by atoms with Crippen LogP contribution in [0.5, 0.6) is 5.75 Å². The zero-order valence-electron chi connectivity index (χ0n) is 8.45. The average Bonchev–Trinajstić information content (AvgIpc) is 2.20. The van der Waals surface area contributed by atoms with Crippen LogP contribution in [0.25, 0.3) is 0 Å². The minimum atomic E-state index is -0.0611. The first-order valence-corrected chi connectivity index (χ1v) is 4.74. The van der Waals surface area contributed by atoms with Crippen molar-refractivity contribution in [1.29, 1.82) is 0 Å². The lowest BCUT2D eigenvalue weighted by Gasteiger charge is -2.10. The molecule has 0 saturated carbocycles. The number of carbonyl (C=O) groups excluding carboxylic acids is 1. The smallest absolute Gasteiger partial charge is 0.227 e. The number of anilines is 1. The monoisotopic (exact) mass is 193 g/mol. The van der Waals surface area contributed by atoms with Crippen molar-refractivity contribution in [2.45, 2.75) is 20.3 Å². The van der Waals surface area contributed by atoms with Gasteiger partial charge in [-0.25, -0.2) is 0 Å². The number of amides is 1. The van der Waals surface area contributed by atoms with Gasteiger partial charge in [0.2, 0.25) is 5.91 Å². The molecule has 1 rings (SSSR count). The second kappa shape index (κ2) is 4.65. The summed E-state index contributed by atoms with van der Waals surface area (Å²) >= 11 is 0. The third kappa shape index (κ3) is 2.49. The highest BCUT2D eigenvalue weighted by Crippen LogP contribution is 2.22. The Morgan fingerprint density at radius 2 is 2.14 bits per heavy atom. The van der Waals surface area contributed by atoms with E-state index in [-0.39, 0.29) is 17.6 Å². The van der Waals surface area contributed by atoms with Gasteiger partial charge in [0, 0.05) is 5.92 Å². The van der Waals surface area contributed by atoms with Gasteiger partial charge in [-0.1, -0.05) is 26.0 Å². The molecular weight excluding hydrogens is 178 g/mol. The van der Waals surface area contributed by atoms with Crippen molar-refractivity contribution in [3.05, 3.63) is 24.3 Å². The number of hydrogen-bond acceptors (Lipinski definition) is 2. The quantitative estimate of drug-likeness (QED) is 0.724. The molecule has 0 radical (unpaired) electrons. The van der Waals surface area contributed by atoms with Crippen LogP contribution in [0.15, 0.2) is 24.3 Å². The summed E-state index contributed by atoms with van der Waals surface area (Å²) < 4.78 is 0. The fourth-order valence-electron chi connectivity index (χ4n) is 1.02. The van der Waals surface area contributed by atoms with Gasteiger partial charge in [0.1, 0.15) is 5.75 Å². The van der Waals surface area contributed by atoms with E-state index in [4.69, 9.17) is 0 Å². The van der Waals surface area contributed by atoms with E-state index < -0.39 is 0 Å². The Kier molecular flexibility index (Phi) is 3.51. The van der Waals surface area contributed by atoms with Gasteiger partial charge in [0.25, 0.3) is 0 Å². The molecule has 1 amide bonds. The fourth-order valence-corrected chi connectivity index (χ4v) is 1.02. The Morgan fingerprint density at radius 3 is 2.71 bits per heavy atom. The molecule has 0 bridgehead atoms. The molecule has 0 unspecified atom stereocenters. The molecule has 1 aromatic carbocycles. The third-order valence-electron chi connectivity index (χ3n) is 2.22. The summed E-state index contributed by atoms with van der Waals surface area (Å²) in [5.41, 5.74) is 0.470. The maximum atomic E-state index is 11.5. The second-order valence-electron chi connectivity index (χ2n) is 3.32. The lowest BCUT2D eigenvalue weighted by molar-refractivity contribution is -0.119. The van der Waals surface area contributed by atoms with Crippen LogP contribution >= 0.6 is 0 Å².